The van der Waals surface area contributed by atoms with Crippen LogP contribution in [0.25, 0.3) is 0 Å². The molecular formula is C8H13Cl2IN2. The van der Waals surface area contributed by atoms with E-state index in [2.05, 4.69) is 27.6 Å². The van der Waals surface area contributed by atoms with Crippen LogP contribution in [0.3, 0.4) is 0 Å². The molecular weight excluding hydrogens is 322 g/mol. The molecule has 0 aliphatic carbocycles. The summed E-state index contributed by atoms with van der Waals surface area (Å²) in [6.07, 6.45) is 1.82. The zero-order valence-corrected chi connectivity index (χ0v) is 11.2. The first-order chi connectivity index (χ1) is 5.00. The highest BCUT2D eigenvalue weighted by atomic mass is 127. The Labute approximate surface area is 105 Å². The average molecular weight is 335 g/mol. The molecule has 0 aromatic carbocycles. The van der Waals surface area contributed by atoms with E-state index in [9.17, 15) is 0 Å². The summed E-state index contributed by atoms with van der Waals surface area (Å²) >= 11 is 2.19. The van der Waals surface area contributed by atoms with Crippen LogP contribution in [-0.4, -0.2) is 4.98 Å². The Morgan fingerprint density at radius 2 is 1.92 bits per heavy atom. The molecule has 1 aromatic heterocycles. The lowest BCUT2D eigenvalue weighted by atomic mass is 10.1. The van der Waals surface area contributed by atoms with Crippen LogP contribution in [0, 0.1) is 6.92 Å². The van der Waals surface area contributed by atoms with Crippen molar-refractivity contribution in [3.63, 3.8) is 0 Å². The van der Waals surface area contributed by atoms with Crippen LogP contribution in [0.5, 0.6) is 0 Å². The maximum Gasteiger partial charge on any atom is 0.0921 e. The molecule has 13 heavy (non-hydrogen) atoms. The summed E-state index contributed by atoms with van der Waals surface area (Å²) in [5, 5.41) is 0. The van der Waals surface area contributed by atoms with Crippen LogP contribution in [0.1, 0.15) is 18.2 Å². The second-order valence-corrected chi connectivity index (χ2v) is 5.00. The van der Waals surface area contributed by atoms with Gasteiger partial charge in [-0.3, -0.25) is 4.98 Å². The summed E-state index contributed by atoms with van der Waals surface area (Å²) in [5.41, 5.74) is 7.94. The maximum atomic E-state index is 5.85. The molecule has 0 saturated heterocycles. The zero-order valence-electron chi connectivity index (χ0n) is 7.45. The highest BCUT2D eigenvalue weighted by Crippen LogP contribution is 2.23. The number of pyridine rings is 1. The van der Waals surface area contributed by atoms with Crippen molar-refractivity contribution in [2.75, 3.05) is 0 Å². The monoisotopic (exact) mass is 334 g/mol. The molecule has 0 unspecified atom stereocenters. The first kappa shape index (κ1) is 15.9. The van der Waals surface area contributed by atoms with Crippen molar-refractivity contribution < 1.29 is 0 Å². The topological polar surface area (TPSA) is 38.9 Å². The Balaban J connectivity index is 0. The molecule has 0 amide bonds. The van der Waals surface area contributed by atoms with E-state index in [4.69, 9.17) is 5.73 Å². The molecule has 1 atom stereocenters. The number of alkyl halides is 1. The van der Waals surface area contributed by atoms with Crippen LogP contribution in [-0.2, 0) is 3.55 Å². The summed E-state index contributed by atoms with van der Waals surface area (Å²) in [6.45, 7) is 3.92. The van der Waals surface area contributed by atoms with Gasteiger partial charge < -0.3 is 5.73 Å². The second-order valence-electron chi connectivity index (χ2n) is 2.76. The van der Waals surface area contributed by atoms with Crippen molar-refractivity contribution in [3.8, 4) is 0 Å². The zero-order chi connectivity index (χ0) is 8.48. The molecule has 1 rings (SSSR count). The van der Waals surface area contributed by atoms with Crippen molar-refractivity contribution in [3.05, 3.63) is 29.6 Å². The van der Waals surface area contributed by atoms with Gasteiger partial charge in [0.1, 0.15) is 0 Å². The minimum atomic E-state index is -0.307. The summed E-state index contributed by atoms with van der Waals surface area (Å²) in [7, 11) is 0. The fraction of sp³-hybridized carbons (Fsp3) is 0.375. The number of aromatic nitrogens is 1. The molecule has 2 N–H and O–H groups in total. The smallest absolute Gasteiger partial charge is 0.0921 e. The van der Waals surface area contributed by atoms with Gasteiger partial charge in [-0.25, -0.2) is 0 Å². The van der Waals surface area contributed by atoms with E-state index >= 15 is 0 Å². The molecule has 2 nitrogen and oxygen atoms in total. The maximum absolute atomic E-state index is 5.85. The largest absolute Gasteiger partial charge is 0.313 e. The molecule has 0 radical (unpaired) electrons. The van der Waals surface area contributed by atoms with Gasteiger partial charge >= 0.3 is 0 Å². The molecule has 0 aliphatic rings. The predicted molar refractivity (Wildman–Crippen MR) is 69.0 cm³/mol. The van der Waals surface area contributed by atoms with Gasteiger partial charge in [-0.05, 0) is 25.5 Å². The van der Waals surface area contributed by atoms with Crippen LogP contribution >= 0.6 is 47.4 Å². The summed E-state index contributed by atoms with van der Waals surface area (Å²) in [5.74, 6) is 0. The third-order valence-electron chi connectivity index (χ3n) is 1.48. The van der Waals surface area contributed by atoms with Gasteiger partial charge in [-0.1, -0.05) is 28.7 Å². The fourth-order valence-corrected chi connectivity index (χ4v) is 1.08. The molecule has 5 heteroatoms. The van der Waals surface area contributed by atoms with Crippen LogP contribution in [0.15, 0.2) is 18.3 Å². The molecule has 0 bridgehead atoms. The number of hydrogen-bond donors (Lipinski definition) is 1. The highest BCUT2D eigenvalue weighted by molar-refractivity contribution is 14.1. The van der Waals surface area contributed by atoms with Gasteiger partial charge in [0.25, 0.3) is 0 Å². The lowest BCUT2D eigenvalue weighted by molar-refractivity contribution is 0.772. The molecule has 0 saturated carbocycles. The summed E-state index contributed by atoms with van der Waals surface area (Å²) < 4.78 is -0.307. The number of rotatable bonds is 1. The van der Waals surface area contributed by atoms with Gasteiger partial charge in [0.2, 0.25) is 0 Å². The summed E-state index contributed by atoms with van der Waals surface area (Å²) in [6, 6.07) is 3.98. The van der Waals surface area contributed by atoms with Crippen molar-refractivity contribution in [1.82, 2.24) is 4.98 Å². The SMILES string of the molecule is Cc1ccc([C@](C)(N)I)cn1.Cl.Cl. The summed E-state index contributed by atoms with van der Waals surface area (Å²) in [4.78, 5) is 4.16. The first-order valence-electron chi connectivity index (χ1n) is 3.41. The van der Waals surface area contributed by atoms with Gasteiger partial charge in [-0.2, -0.15) is 0 Å². The minimum Gasteiger partial charge on any atom is -0.313 e. The average Bonchev–Trinajstić information content (AvgIpc) is 1.86. The van der Waals surface area contributed by atoms with Crippen LogP contribution < -0.4 is 5.73 Å². The van der Waals surface area contributed by atoms with Crippen molar-refractivity contribution in [2.45, 2.75) is 17.4 Å². The first-order valence-corrected chi connectivity index (χ1v) is 4.49. The van der Waals surface area contributed by atoms with Gasteiger partial charge in [-0.15, -0.1) is 24.8 Å². The van der Waals surface area contributed by atoms with E-state index in [0.717, 1.165) is 11.3 Å². The van der Waals surface area contributed by atoms with E-state index < -0.39 is 0 Å². The Morgan fingerprint density at radius 1 is 1.38 bits per heavy atom. The lowest BCUT2D eigenvalue weighted by Crippen LogP contribution is -2.24. The predicted octanol–water partition coefficient (Wildman–Crippen LogP) is 2.80. The normalized spacial score (nSPS) is 13.5. The van der Waals surface area contributed by atoms with Crippen molar-refractivity contribution >= 4 is 47.4 Å². The third-order valence-corrected chi connectivity index (χ3v) is 2.10. The van der Waals surface area contributed by atoms with Gasteiger partial charge in [0.15, 0.2) is 0 Å². The number of nitrogens with zero attached hydrogens (tertiary/aromatic N) is 1. The number of nitrogens with two attached hydrogens (primary N) is 1. The molecule has 1 heterocycles. The quantitative estimate of drug-likeness (QED) is 0.487. The van der Waals surface area contributed by atoms with E-state index in [1.54, 1.807) is 0 Å². The third kappa shape index (κ3) is 5.00. The Bertz CT molecular complexity index is 243. The second kappa shape index (κ2) is 6.01. The van der Waals surface area contributed by atoms with E-state index in [0.29, 0.717) is 0 Å². The molecule has 1 aromatic rings. The van der Waals surface area contributed by atoms with Gasteiger partial charge in [0, 0.05) is 11.9 Å². The standard InChI is InChI=1S/C8H11IN2.2ClH/c1-6-3-4-7(5-11-6)8(2,9)10;;/h3-5H,10H2,1-2H3;2*1H/t8-;;/m0../s1. The lowest BCUT2D eigenvalue weighted by Gasteiger charge is -2.15. The van der Waals surface area contributed by atoms with Crippen LogP contribution in [0.4, 0.5) is 0 Å². The number of halogens is 3. The number of aryl methyl sites for hydroxylation is 1. The minimum absolute atomic E-state index is 0. The molecule has 0 fully saturated rings. The van der Waals surface area contributed by atoms with E-state index in [1.165, 1.54) is 0 Å². The Morgan fingerprint density at radius 3 is 2.23 bits per heavy atom. The van der Waals surface area contributed by atoms with Crippen molar-refractivity contribution in [2.24, 2.45) is 5.73 Å². The molecule has 76 valence electrons. The molecule has 0 aliphatic heterocycles. The Hall–Kier alpha value is 0.420. The van der Waals surface area contributed by atoms with E-state index in [-0.39, 0.29) is 28.4 Å². The highest BCUT2D eigenvalue weighted by Gasteiger charge is 2.15. The fourth-order valence-electron chi connectivity index (χ4n) is 0.757. The number of hydrogen-bond acceptors (Lipinski definition) is 2. The van der Waals surface area contributed by atoms with E-state index in [1.807, 2.05) is 32.2 Å². The van der Waals surface area contributed by atoms with Crippen LogP contribution in [0.2, 0.25) is 0 Å². The van der Waals surface area contributed by atoms with Gasteiger partial charge in [0.05, 0.1) is 3.55 Å². The van der Waals surface area contributed by atoms with Crippen molar-refractivity contribution in [1.29, 1.82) is 0 Å². The molecule has 0 spiro atoms. The Kier molecular flexibility index (Phi) is 7.34.